The van der Waals surface area contributed by atoms with Crippen molar-refractivity contribution < 1.29 is 14.3 Å². The number of fused-ring (bicyclic) bond motifs is 1. The molecule has 0 unspecified atom stereocenters. The third-order valence-corrected chi connectivity index (χ3v) is 3.35. The molecular formula is C12H10Cl2O3. The van der Waals surface area contributed by atoms with Gasteiger partial charge in [-0.15, -0.1) is 0 Å². The first kappa shape index (κ1) is 12.3. The number of hydrogen-bond acceptors (Lipinski definition) is 2. The van der Waals surface area contributed by atoms with Crippen molar-refractivity contribution in [3.63, 3.8) is 0 Å². The average molecular weight is 273 g/mol. The third kappa shape index (κ3) is 1.90. The molecule has 0 spiro atoms. The summed E-state index contributed by atoms with van der Waals surface area (Å²) >= 11 is 11.9. The number of carboxylic acids is 1. The predicted molar refractivity (Wildman–Crippen MR) is 67.3 cm³/mol. The van der Waals surface area contributed by atoms with E-state index in [9.17, 15) is 4.79 Å². The summed E-state index contributed by atoms with van der Waals surface area (Å²) in [7, 11) is 0. The topological polar surface area (TPSA) is 50.4 Å². The lowest BCUT2D eigenvalue weighted by molar-refractivity contribution is 0.0663. The Balaban J connectivity index is 2.89. The molecule has 90 valence electrons. The highest BCUT2D eigenvalue weighted by Gasteiger charge is 2.23. The number of carbonyl (C=O) groups is 1. The van der Waals surface area contributed by atoms with E-state index in [0.717, 1.165) is 0 Å². The van der Waals surface area contributed by atoms with Gasteiger partial charge in [-0.1, -0.05) is 37.0 Å². The lowest BCUT2D eigenvalue weighted by Gasteiger charge is -2.03. The maximum absolute atomic E-state index is 11.1. The molecule has 2 aromatic rings. The zero-order valence-corrected chi connectivity index (χ0v) is 10.8. The number of furan rings is 1. The molecule has 1 N–H and O–H groups in total. The van der Waals surface area contributed by atoms with Crippen LogP contribution in [-0.2, 0) is 0 Å². The van der Waals surface area contributed by atoms with Gasteiger partial charge in [0.1, 0.15) is 5.02 Å². The summed E-state index contributed by atoms with van der Waals surface area (Å²) in [6.07, 6.45) is 0. The molecule has 1 heterocycles. The van der Waals surface area contributed by atoms with Crippen LogP contribution < -0.4 is 0 Å². The van der Waals surface area contributed by atoms with Crippen molar-refractivity contribution in [2.24, 2.45) is 0 Å². The summed E-state index contributed by atoms with van der Waals surface area (Å²) in [4.78, 5) is 11.1. The van der Waals surface area contributed by atoms with E-state index < -0.39 is 5.97 Å². The minimum Gasteiger partial charge on any atom is -0.475 e. The highest BCUT2D eigenvalue weighted by Crippen LogP contribution is 2.38. The van der Waals surface area contributed by atoms with Crippen LogP contribution in [-0.4, -0.2) is 11.1 Å². The van der Waals surface area contributed by atoms with Gasteiger partial charge in [-0.25, -0.2) is 4.79 Å². The van der Waals surface area contributed by atoms with Crippen LogP contribution in [0, 0.1) is 0 Å². The van der Waals surface area contributed by atoms with Gasteiger partial charge in [0.15, 0.2) is 5.58 Å². The lowest BCUT2D eigenvalue weighted by Crippen LogP contribution is -2.00. The highest BCUT2D eigenvalue weighted by molar-refractivity contribution is 6.45. The minimum atomic E-state index is -1.10. The van der Waals surface area contributed by atoms with E-state index in [2.05, 4.69) is 0 Å². The molecule has 1 aromatic heterocycles. The summed E-state index contributed by atoms with van der Waals surface area (Å²) in [6, 6.07) is 3.37. The van der Waals surface area contributed by atoms with E-state index in [-0.39, 0.29) is 16.7 Å². The molecule has 3 nitrogen and oxygen atoms in total. The third-order valence-electron chi connectivity index (χ3n) is 2.56. The number of carboxylic acid groups (broad SMARTS) is 1. The summed E-state index contributed by atoms with van der Waals surface area (Å²) < 4.78 is 5.32. The molecule has 0 aliphatic carbocycles. The van der Waals surface area contributed by atoms with Crippen LogP contribution >= 0.6 is 23.2 Å². The van der Waals surface area contributed by atoms with Crippen LogP contribution in [0.15, 0.2) is 16.5 Å². The molecular weight excluding hydrogens is 263 g/mol. The number of halogens is 2. The van der Waals surface area contributed by atoms with E-state index in [1.807, 2.05) is 13.8 Å². The SMILES string of the molecule is CC(C)c1c(C(=O)O)oc2c(Cl)c(Cl)ccc12. The summed E-state index contributed by atoms with van der Waals surface area (Å²) in [5.74, 6) is -1.14. The second kappa shape index (κ2) is 4.24. The maximum Gasteiger partial charge on any atom is 0.372 e. The summed E-state index contributed by atoms with van der Waals surface area (Å²) in [5.41, 5.74) is 0.978. The zero-order chi connectivity index (χ0) is 12.7. The van der Waals surface area contributed by atoms with Crippen LogP contribution in [0.1, 0.15) is 35.9 Å². The van der Waals surface area contributed by atoms with Gasteiger partial charge in [-0.3, -0.25) is 0 Å². The van der Waals surface area contributed by atoms with Gasteiger partial charge >= 0.3 is 5.97 Å². The summed E-state index contributed by atoms with van der Waals surface area (Å²) in [5, 5.41) is 10.4. The molecule has 2 rings (SSSR count). The number of benzene rings is 1. The molecule has 1 aromatic carbocycles. The Bertz CT molecular complexity index is 599. The Kier molecular flexibility index (Phi) is 3.06. The zero-order valence-electron chi connectivity index (χ0n) is 9.25. The van der Waals surface area contributed by atoms with E-state index in [0.29, 0.717) is 21.6 Å². The summed E-state index contributed by atoms with van der Waals surface area (Å²) in [6.45, 7) is 3.80. The van der Waals surface area contributed by atoms with Crippen molar-refractivity contribution >= 4 is 40.1 Å². The van der Waals surface area contributed by atoms with Crippen LogP contribution in [0.3, 0.4) is 0 Å². The lowest BCUT2D eigenvalue weighted by atomic mass is 9.99. The van der Waals surface area contributed by atoms with Crippen LogP contribution in [0.5, 0.6) is 0 Å². The van der Waals surface area contributed by atoms with Crippen molar-refractivity contribution in [1.82, 2.24) is 0 Å². The quantitative estimate of drug-likeness (QED) is 0.872. The highest BCUT2D eigenvalue weighted by atomic mass is 35.5. The molecule has 0 saturated heterocycles. The largest absolute Gasteiger partial charge is 0.475 e. The fraction of sp³-hybridized carbons (Fsp3) is 0.250. The average Bonchev–Trinajstić information content (AvgIpc) is 2.63. The Morgan fingerprint density at radius 1 is 1.35 bits per heavy atom. The minimum absolute atomic E-state index is 0.0274. The molecule has 0 aliphatic heterocycles. The van der Waals surface area contributed by atoms with Crippen molar-refractivity contribution in [2.75, 3.05) is 0 Å². The molecule has 0 atom stereocenters. The second-order valence-electron chi connectivity index (χ2n) is 4.04. The van der Waals surface area contributed by atoms with Crippen molar-refractivity contribution in [3.8, 4) is 0 Å². The van der Waals surface area contributed by atoms with Gasteiger partial charge < -0.3 is 9.52 Å². The predicted octanol–water partition coefficient (Wildman–Crippen LogP) is 4.56. The van der Waals surface area contributed by atoms with Crippen molar-refractivity contribution in [3.05, 3.63) is 33.5 Å². The second-order valence-corrected chi connectivity index (χ2v) is 4.83. The van der Waals surface area contributed by atoms with Gasteiger partial charge in [0.2, 0.25) is 5.76 Å². The van der Waals surface area contributed by atoms with Crippen LogP contribution in [0.25, 0.3) is 11.0 Å². The maximum atomic E-state index is 11.1. The van der Waals surface area contributed by atoms with E-state index >= 15 is 0 Å². The molecule has 0 bridgehead atoms. The molecule has 0 saturated carbocycles. The fourth-order valence-corrected chi connectivity index (χ4v) is 2.21. The van der Waals surface area contributed by atoms with Gasteiger partial charge in [0.05, 0.1) is 5.02 Å². The van der Waals surface area contributed by atoms with Crippen molar-refractivity contribution in [1.29, 1.82) is 0 Å². The van der Waals surface area contributed by atoms with Gasteiger partial charge in [0, 0.05) is 10.9 Å². The number of hydrogen-bond donors (Lipinski definition) is 1. The van der Waals surface area contributed by atoms with E-state index in [1.54, 1.807) is 12.1 Å². The van der Waals surface area contributed by atoms with E-state index in [1.165, 1.54) is 0 Å². The van der Waals surface area contributed by atoms with Gasteiger partial charge in [0.25, 0.3) is 0 Å². The number of aromatic carboxylic acids is 1. The molecule has 17 heavy (non-hydrogen) atoms. The standard InChI is InChI=1S/C12H10Cl2O3/c1-5(2)8-6-3-4-7(13)9(14)10(6)17-11(8)12(15)16/h3-5H,1-2H3,(H,15,16). The Morgan fingerprint density at radius 3 is 2.53 bits per heavy atom. The Morgan fingerprint density at radius 2 is 2.00 bits per heavy atom. The van der Waals surface area contributed by atoms with Gasteiger partial charge in [-0.05, 0) is 18.1 Å². The Labute approximate surface area is 108 Å². The van der Waals surface area contributed by atoms with E-state index in [4.69, 9.17) is 32.7 Å². The Hall–Kier alpha value is -1.19. The molecule has 0 fully saturated rings. The van der Waals surface area contributed by atoms with Crippen LogP contribution in [0.2, 0.25) is 10.0 Å². The first-order chi connectivity index (χ1) is 7.93. The van der Waals surface area contributed by atoms with Crippen LogP contribution in [0.4, 0.5) is 0 Å². The molecule has 0 amide bonds. The first-order valence-corrected chi connectivity index (χ1v) is 5.82. The van der Waals surface area contributed by atoms with Gasteiger partial charge in [-0.2, -0.15) is 0 Å². The normalized spacial score (nSPS) is 11.4. The smallest absolute Gasteiger partial charge is 0.372 e. The molecule has 5 heteroatoms. The monoisotopic (exact) mass is 272 g/mol. The van der Waals surface area contributed by atoms with Crippen molar-refractivity contribution in [2.45, 2.75) is 19.8 Å². The number of rotatable bonds is 2. The molecule has 0 aliphatic rings. The molecule has 0 radical (unpaired) electrons. The first-order valence-electron chi connectivity index (χ1n) is 5.07. The fourth-order valence-electron chi connectivity index (χ4n) is 1.86.